The van der Waals surface area contributed by atoms with E-state index in [0.29, 0.717) is 0 Å². The fourth-order valence-corrected chi connectivity index (χ4v) is 4.65. The fourth-order valence-electron chi connectivity index (χ4n) is 4.52. The molecule has 2 atom stereocenters. The van der Waals surface area contributed by atoms with E-state index < -0.39 is 0 Å². The Balaban J connectivity index is 1.48. The van der Waals surface area contributed by atoms with Gasteiger partial charge in [0.2, 0.25) is 0 Å². The lowest BCUT2D eigenvalue weighted by Crippen LogP contribution is -2.40. The summed E-state index contributed by atoms with van der Waals surface area (Å²) in [6, 6.07) is 19.4. The van der Waals surface area contributed by atoms with Crippen LogP contribution in [0.5, 0.6) is 0 Å². The summed E-state index contributed by atoms with van der Waals surface area (Å²) in [4.78, 5) is 2.66. The van der Waals surface area contributed by atoms with Crippen molar-refractivity contribution in [3.8, 4) is 0 Å². The normalized spacial score (nSPS) is 28.0. The first-order chi connectivity index (χ1) is 10.8. The zero-order chi connectivity index (χ0) is 14.9. The summed E-state index contributed by atoms with van der Waals surface area (Å²) >= 11 is 6.04. The Bertz CT molecular complexity index is 608. The Morgan fingerprint density at radius 1 is 0.864 bits per heavy atom. The van der Waals surface area contributed by atoms with E-state index >= 15 is 0 Å². The van der Waals surface area contributed by atoms with Crippen molar-refractivity contribution in [1.29, 1.82) is 0 Å². The molecule has 0 spiro atoms. The molecule has 1 saturated carbocycles. The minimum atomic E-state index is 0.740. The summed E-state index contributed by atoms with van der Waals surface area (Å²) < 4.78 is 0. The molecule has 2 aromatic rings. The molecule has 1 aliphatic heterocycles. The van der Waals surface area contributed by atoms with Crippen molar-refractivity contribution in [2.45, 2.75) is 25.3 Å². The number of piperidine rings is 1. The number of benzene rings is 2. The number of nitrogens with zero attached hydrogens (tertiary/aromatic N) is 1. The minimum absolute atomic E-state index is 0.740. The van der Waals surface area contributed by atoms with Crippen molar-refractivity contribution in [1.82, 2.24) is 4.90 Å². The van der Waals surface area contributed by atoms with Crippen LogP contribution in [0.15, 0.2) is 54.6 Å². The second kappa shape index (κ2) is 6.06. The van der Waals surface area contributed by atoms with E-state index in [-0.39, 0.29) is 0 Å². The molecule has 2 fully saturated rings. The van der Waals surface area contributed by atoms with Gasteiger partial charge >= 0.3 is 0 Å². The highest BCUT2D eigenvalue weighted by Gasteiger charge is 2.42. The van der Waals surface area contributed by atoms with E-state index in [9.17, 15) is 0 Å². The fraction of sp³-hybridized carbons (Fsp3) is 0.400. The first-order valence-corrected chi connectivity index (χ1v) is 8.69. The van der Waals surface area contributed by atoms with Gasteiger partial charge in [-0.15, -0.1) is 0 Å². The molecule has 2 aromatic carbocycles. The molecule has 2 aliphatic rings. The van der Waals surface area contributed by atoms with Gasteiger partial charge < -0.3 is 0 Å². The van der Waals surface area contributed by atoms with Gasteiger partial charge in [0.1, 0.15) is 0 Å². The Morgan fingerprint density at radius 3 is 2.14 bits per heavy atom. The summed E-state index contributed by atoms with van der Waals surface area (Å²) in [6.07, 6.45) is 2.76. The monoisotopic (exact) mass is 311 g/mol. The predicted octanol–water partition coefficient (Wildman–Crippen LogP) is 4.97. The van der Waals surface area contributed by atoms with Gasteiger partial charge in [0.15, 0.2) is 0 Å². The molecule has 1 nitrogen and oxygen atoms in total. The largest absolute Gasteiger partial charge is 0.298 e. The maximum absolute atomic E-state index is 6.04. The van der Waals surface area contributed by atoms with Gasteiger partial charge in [-0.1, -0.05) is 54.1 Å². The third-order valence-electron chi connectivity index (χ3n) is 5.41. The van der Waals surface area contributed by atoms with Gasteiger partial charge in [0, 0.05) is 24.7 Å². The molecule has 114 valence electrons. The van der Waals surface area contributed by atoms with Gasteiger partial charge in [-0.3, -0.25) is 4.90 Å². The van der Waals surface area contributed by atoms with Crippen LogP contribution in [0.2, 0.25) is 5.02 Å². The number of hydrogen-bond donors (Lipinski definition) is 0. The number of rotatable bonds is 3. The quantitative estimate of drug-likeness (QED) is 0.774. The second-order valence-corrected chi connectivity index (χ2v) is 7.29. The summed E-state index contributed by atoms with van der Waals surface area (Å²) in [5, 5.41) is 0.845. The molecule has 0 aromatic heterocycles. The highest BCUT2D eigenvalue weighted by Crippen LogP contribution is 2.48. The highest BCUT2D eigenvalue weighted by molar-refractivity contribution is 6.30. The molecule has 4 rings (SSSR count). The maximum atomic E-state index is 6.04. The Kier molecular flexibility index (Phi) is 3.94. The average molecular weight is 312 g/mol. The van der Waals surface area contributed by atoms with Crippen LogP contribution in [0.25, 0.3) is 0 Å². The number of halogens is 1. The number of likely N-dealkylation sites (tertiary alicyclic amines) is 1. The molecule has 0 radical (unpaired) electrons. The Morgan fingerprint density at radius 2 is 1.50 bits per heavy atom. The highest BCUT2D eigenvalue weighted by atomic mass is 35.5. The summed E-state index contributed by atoms with van der Waals surface area (Å²) in [5.41, 5.74) is 2.93. The predicted molar refractivity (Wildman–Crippen MR) is 92.1 cm³/mol. The topological polar surface area (TPSA) is 3.24 Å². The second-order valence-electron chi connectivity index (χ2n) is 6.85. The van der Waals surface area contributed by atoms with E-state index in [1.165, 1.54) is 37.1 Å². The molecular formula is C20H22ClN. The van der Waals surface area contributed by atoms with Crippen LogP contribution >= 0.6 is 11.6 Å². The molecule has 22 heavy (non-hydrogen) atoms. The van der Waals surface area contributed by atoms with Gasteiger partial charge in [0.05, 0.1) is 0 Å². The molecule has 2 heteroatoms. The average Bonchev–Trinajstić information content (AvgIpc) is 2.80. The van der Waals surface area contributed by atoms with Crippen molar-refractivity contribution in [2.75, 3.05) is 13.1 Å². The van der Waals surface area contributed by atoms with Gasteiger partial charge in [0.25, 0.3) is 0 Å². The Labute approximate surface area is 137 Å². The first kappa shape index (κ1) is 14.3. The smallest absolute Gasteiger partial charge is 0.0406 e. The van der Waals surface area contributed by atoms with Crippen molar-refractivity contribution in [3.63, 3.8) is 0 Å². The van der Waals surface area contributed by atoms with Crippen molar-refractivity contribution in [2.24, 2.45) is 11.8 Å². The van der Waals surface area contributed by atoms with Gasteiger partial charge in [-0.2, -0.15) is 0 Å². The maximum Gasteiger partial charge on any atom is 0.0406 e. The van der Waals surface area contributed by atoms with Crippen LogP contribution < -0.4 is 0 Å². The molecule has 1 heterocycles. The van der Waals surface area contributed by atoms with Crippen LogP contribution in [-0.2, 0) is 6.54 Å². The zero-order valence-electron chi connectivity index (χ0n) is 12.8. The van der Waals surface area contributed by atoms with Crippen LogP contribution in [0, 0.1) is 11.8 Å². The van der Waals surface area contributed by atoms with Crippen LogP contribution in [-0.4, -0.2) is 18.0 Å². The summed E-state index contributed by atoms with van der Waals surface area (Å²) in [6.45, 7) is 3.57. The lowest BCUT2D eigenvalue weighted by atomic mass is 9.80. The van der Waals surface area contributed by atoms with Crippen LogP contribution in [0.3, 0.4) is 0 Å². The lowest BCUT2D eigenvalue weighted by molar-refractivity contribution is 0.138. The van der Waals surface area contributed by atoms with Gasteiger partial charge in [-0.05, 0) is 53.9 Å². The molecule has 1 aliphatic carbocycles. The molecule has 0 N–H and O–H groups in total. The van der Waals surface area contributed by atoms with E-state index in [1.54, 1.807) is 0 Å². The SMILES string of the molecule is Clc1ccc(C2C3CCC2CN(Cc2ccccc2)C3)cc1. The standard InChI is InChI=1S/C20H22ClN/c21-19-10-8-16(9-11-19)20-17-6-7-18(20)14-22(13-17)12-15-4-2-1-3-5-15/h1-5,8-11,17-18,20H,6-7,12-14H2. The lowest BCUT2D eigenvalue weighted by Gasteiger charge is -2.38. The zero-order valence-corrected chi connectivity index (χ0v) is 13.5. The first-order valence-electron chi connectivity index (χ1n) is 8.31. The van der Waals surface area contributed by atoms with Crippen molar-refractivity contribution < 1.29 is 0 Å². The van der Waals surface area contributed by atoms with Gasteiger partial charge in [-0.25, -0.2) is 0 Å². The van der Waals surface area contributed by atoms with Crippen LogP contribution in [0.1, 0.15) is 29.9 Å². The summed E-state index contributed by atoms with van der Waals surface area (Å²) in [5.74, 6) is 2.36. The van der Waals surface area contributed by atoms with E-state index in [2.05, 4.69) is 47.4 Å². The summed E-state index contributed by atoms with van der Waals surface area (Å²) in [7, 11) is 0. The molecule has 0 amide bonds. The number of fused-ring (bicyclic) bond motifs is 2. The third-order valence-corrected chi connectivity index (χ3v) is 5.67. The molecule has 2 unspecified atom stereocenters. The Hall–Kier alpha value is -1.31. The third kappa shape index (κ3) is 2.80. The molecule has 1 saturated heterocycles. The van der Waals surface area contributed by atoms with E-state index in [4.69, 9.17) is 11.6 Å². The molecule has 2 bridgehead atoms. The van der Waals surface area contributed by atoms with Crippen molar-refractivity contribution in [3.05, 3.63) is 70.7 Å². The molecular weight excluding hydrogens is 290 g/mol. The van der Waals surface area contributed by atoms with Crippen LogP contribution in [0.4, 0.5) is 0 Å². The van der Waals surface area contributed by atoms with E-state index in [1.807, 2.05) is 12.1 Å². The number of hydrogen-bond acceptors (Lipinski definition) is 1. The minimum Gasteiger partial charge on any atom is -0.298 e. The van der Waals surface area contributed by atoms with E-state index in [0.717, 1.165) is 29.3 Å². The van der Waals surface area contributed by atoms with Crippen molar-refractivity contribution >= 4 is 11.6 Å².